The van der Waals surface area contributed by atoms with Crippen LogP contribution in [0.25, 0.3) is 6.08 Å². The maximum Gasteiger partial charge on any atom is 0.201 e. The zero-order valence-corrected chi connectivity index (χ0v) is 17.7. The number of aryl methyl sites for hydroxylation is 2. The Morgan fingerprint density at radius 3 is 2.86 bits per heavy atom. The average molecular weight is 417 g/mol. The smallest absolute Gasteiger partial charge is 0.201 e. The van der Waals surface area contributed by atoms with E-state index >= 15 is 0 Å². The second-order valence-corrected chi connectivity index (χ2v) is 9.20. The summed E-state index contributed by atoms with van der Waals surface area (Å²) in [6.07, 6.45) is 6.68. The molecule has 3 N–H and O–H groups in total. The van der Waals surface area contributed by atoms with Gasteiger partial charge in [-0.15, -0.1) is 11.3 Å². The number of aliphatic hydroxyl groups excluding tert-OH is 2. The molecule has 0 amide bonds. The summed E-state index contributed by atoms with van der Waals surface area (Å²) < 4.78 is 11.7. The first-order valence-electron chi connectivity index (χ1n) is 10.1. The monoisotopic (exact) mass is 416 g/mol. The number of aromatic hydroxyl groups is 1. The first-order chi connectivity index (χ1) is 13.9. The number of allylic oxidation sites excluding steroid dienone is 1. The van der Waals surface area contributed by atoms with Gasteiger partial charge in [0.05, 0.1) is 24.4 Å². The van der Waals surface area contributed by atoms with E-state index in [1.165, 1.54) is 22.4 Å². The summed E-state index contributed by atoms with van der Waals surface area (Å²) in [5.41, 5.74) is 3.89. The Morgan fingerprint density at radius 1 is 1.31 bits per heavy atom. The summed E-state index contributed by atoms with van der Waals surface area (Å²) in [6, 6.07) is 5.91. The first kappa shape index (κ1) is 20.6. The Balaban J connectivity index is 1.69. The number of aliphatic hydroxyl groups is 2. The molecule has 1 aliphatic carbocycles. The highest BCUT2D eigenvalue weighted by atomic mass is 32.1. The van der Waals surface area contributed by atoms with Crippen LogP contribution in [0.5, 0.6) is 5.75 Å². The number of hydrogen-bond acceptors (Lipinski definition) is 6. The van der Waals surface area contributed by atoms with Crippen molar-refractivity contribution in [1.82, 2.24) is 0 Å². The number of methoxy groups -OCH3 is 1. The van der Waals surface area contributed by atoms with E-state index in [0.29, 0.717) is 12.0 Å². The van der Waals surface area contributed by atoms with Crippen molar-refractivity contribution in [1.29, 1.82) is 0 Å². The Morgan fingerprint density at radius 2 is 2.14 bits per heavy atom. The fraction of sp³-hybridized carbons (Fsp3) is 0.478. The average Bonchev–Trinajstić information content (AvgIpc) is 3.11. The Hall–Kier alpha value is -1.70. The highest BCUT2D eigenvalue weighted by molar-refractivity contribution is 7.12. The Kier molecular flexibility index (Phi) is 5.82. The molecule has 6 heteroatoms. The van der Waals surface area contributed by atoms with E-state index in [2.05, 4.69) is 18.2 Å². The van der Waals surface area contributed by atoms with Crippen molar-refractivity contribution in [3.05, 3.63) is 56.3 Å². The van der Waals surface area contributed by atoms with Crippen LogP contribution in [0.15, 0.2) is 24.3 Å². The van der Waals surface area contributed by atoms with Gasteiger partial charge in [0.1, 0.15) is 5.75 Å². The van der Waals surface area contributed by atoms with E-state index in [-0.39, 0.29) is 18.8 Å². The Bertz CT molecular complexity index is 918. The van der Waals surface area contributed by atoms with Crippen LogP contribution in [-0.2, 0) is 28.1 Å². The highest BCUT2D eigenvalue weighted by Crippen LogP contribution is 2.43. The van der Waals surface area contributed by atoms with Gasteiger partial charge < -0.3 is 24.8 Å². The topological polar surface area (TPSA) is 79.2 Å². The van der Waals surface area contributed by atoms with E-state index in [0.717, 1.165) is 30.4 Å². The number of ether oxygens (including phenoxy) is 2. The molecule has 1 aromatic carbocycles. The highest BCUT2D eigenvalue weighted by Gasteiger charge is 2.44. The molecule has 2 aromatic rings. The minimum absolute atomic E-state index is 0.0762. The van der Waals surface area contributed by atoms with Gasteiger partial charge in [0.25, 0.3) is 0 Å². The minimum Gasteiger partial charge on any atom is -0.507 e. The lowest BCUT2D eigenvalue weighted by molar-refractivity contribution is -0.299. The molecule has 3 unspecified atom stereocenters. The molecule has 1 saturated heterocycles. The summed E-state index contributed by atoms with van der Waals surface area (Å²) >= 11 is 1.84. The summed E-state index contributed by atoms with van der Waals surface area (Å²) in [5, 5.41) is 30.6. The quantitative estimate of drug-likeness (QED) is 0.694. The third-order valence-electron chi connectivity index (χ3n) is 5.89. The molecular weight excluding hydrogens is 388 g/mol. The van der Waals surface area contributed by atoms with Gasteiger partial charge in [0.15, 0.2) is 0 Å². The first-order valence-corrected chi connectivity index (χ1v) is 10.9. The van der Waals surface area contributed by atoms with Gasteiger partial charge >= 0.3 is 0 Å². The van der Waals surface area contributed by atoms with Crippen molar-refractivity contribution in [2.75, 3.05) is 13.7 Å². The molecule has 156 valence electrons. The van der Waals surface area contributed by atoms with Gasteiger partial charge in [-0.2, -0.15) is 0 Å². The predicted molar refractivity (Wildman–Crippen MR) is 113 cm³/mol. The van der Waals surface area contributed by atoms with Crippen molar-refractivity contribution in [2.45, 2.75) is 57.0 Å². The molecule has 0 bridgehead atoms. The third-order valence-corrected chi connectivity index (χ3v) is 7.10. The minimum atomic E-state index is -1.28. The molecule has 29 heavy (non-hydrogen) atoms. The van der Waals surface area contributed by atoms with E-state index in [1.54, 1.807) is 6.07 Å². The zero-order chi connectivity index (χ0) is 20.6. The zero-order valence-electron chi connectivity index (χ0n) is 16.9. The van der Waals surface area contributed by atoms with Gasteiger partial charge in [0.2, 0.25) is 5.79 Å². The molecule has 1 aromatic heterocycles. The molecule has 1 aliphatic heterocycles. The number of hydrogen-bond donors (Lipinski definition) is 3. The fourth-order valence-electron chi connectivity index (χ4n) is 4.36. The second-order valence-electron chi connectivity index (χ2n) is 7.98. The van der Waals surface area contributed by atoms with Crippen molar-refractivity contribution in [3.8, 4) is 5.75 Å². The van der Waals surface area contributed by atoms with Gasteiger partial charge in [-0.25, -0.2) is 0 Å². The summed E-state index contributed by atoms with van der Waals surface area (Å²) in [6.45, 7) is 1.77. The van der Waals surface area contributed by atoms with Crippen molar-refractivity contribution in [3.63, 3.8) is 0 Å². The maximum absolute atomic E-state index is 10.7. The van der Waals surface area contributed by atoms with Crippen molar-refractivity contribution < 1.29 is 24.8 Å². The van der Waals surface area contributed by atoms with Crippen LogP contribution in [-0.4, -0.2) is 41.2 Å². The number of thiophene rings is 1. The normalized spacial score (nSPS) is 26.5. The van der Waals surface area contributed by atoms with Crippen LogP contribution in [0.2, 0.25) is 0 Å². The van der Waals surface area contributed by atoms with Crippen LogP contribution in [0.4, 0.5) is 0 Å². The van der Waals surface area contributed by atoms with Gasteiger partial charge in [0, 0.05) is 36.1 Å². The number of phenolic OH excluding ortho intramolecular Hbond substituents is 1. The number of fused-ring (bicyclic) bond motifs is 1. The molecular formula is C23H28O5S. The largest absolute Gasteiger partial charge is 0.507 e. The van der Waals surface area contributed by atoms with Gasteiger partial charge in [-0.3, -0.25) is 0 Å². The fourth-order valence-corrected chi connectivity index (χ4v) is 5.55. The molecule has 0 saturated carbocycles. The van der Waals surface area contributed by atoms with Crippen molar-refractivity contribution >= 4 is 17.4 Å². The van der Waals surface area contributed by atoms with Crippen LogP contribution >= 0.6 is 11.3 Å². The summed E-state index contributed by atoms with van der Waals surface area (Å²) in [4.78, 5) is 2.71. The lowest BCUT2D eigenvalue weighted by atomic mass is 9.89. The molecule has 5 nitrogen and oxygen atoms in total. The predicted octanol–water partition coefficient (Wildman–Crippen LogP) is 3.64. The van der Waals surface area contributed by atoms with Crippen LogP contribution < -0.4 is 0 Å². The van der Waals surface area contributed by atoms with E-state index < -0.39 is 18.0 Å². The van der Waals surface area contributed by atoms with Gasteiger partial charge in [-0.05, 0) is 54.7 Å². The van der Waals surface area contributed by atoms with Gasteiger partial charge in [-0.1, -0.05) is 12.2 Å². The molecule has 0 spiro atoms. The standard InChI is InChI=1S/C23H28O5S/c1-14-7-21(26)20(23(27-2)12-17(25)11-18(13-24)28-23)10-16(14)9-19-8-15-5-3-4-6-22(15)29-19/h3,5,7-8,10,17-18,24-26H,4,6,9,11-13H2,1-2H3. The summed E-state index contributed by atoms with van der Waals surface area (Å²) in [5.74, 6) is -1.21. The maximum atomic E-state index is 10.7. The van der Waals surface area contributed by atoms with Crippen LogP contribution in [0.1, 0.15) is 51.3 Å². The lowest BCUT2D eigenvalue weighted by Crippen LogP contribution is -2.46. The second kappa shape index (κ2) is 8.20. The molecule has 4 rings (SSSR count). The van der Waals surface area contributed by atoms with Crippen molar-refractivity contribution in [2.24, 2.45) is 0 Å². The summed E-state index contributed by atoms with van der Waals surface area (Å²) in [7, 11) is 1.51. The Labute approximate surface area is 175 Å². The van der Waals surface area contributed by atoms with Crippen LogP contribution in [0, 0.1) is 6.92 Å². The molecule has 0 radical (unpaired) electrons. The lowest BCUT2D eigenvalue weighted by Gasteiger charge is -2.42. The molecule has 2 aliphatic rings. The molecule has 2 heterocycles. The number of benzene rings is 1. The third kappa shape index (κ3) is 4.00. The molecule has 1 fully saturated rings. The van der Waals surface area contributed by atoms with E-state index in [9.17, 15) is 15.3 Å². The van der Waals surface area contributed by atoms with E-state index in [1.807, 2.05) is 24.3 Å². The number of phenols is 1. The number of rotatable bonds is 5. The van der Waals surface area contributed by atoms with E-state index in [4.69, 9.17) is 9.47 Å². The SMILES string of the molecule is COC1(c2cc(Cc3cc4c(s3)CCC=C4)c(C)cc2O)CC(O)CC(CO)O1. The van der Waals surface area contributed by atoms with Crippen LogP contribution in [0.3, 0.4) is 0 Å². The molecule has 3 atom stereocenters.